The molecule has 0 aliphatic carbocycles. The number of hydrogen-bond donors (Lipinski definition) is 1. The van der Waals surface area contributed by atoms with E-state index >= 15 is 0 Å². The third kappa shape index (κ3) is 5.91. The number of pyridine rings is 1. The van der Waals surface area contributed by atoms with Gasteiger partial charge in [0.2, 0.25) is 11.8 Å². The molecule has 0 spiro atoms. The summed E-state index contributed by atoms with van der Waals surface area (Å²) in [7, 11) is 0. The zero-order valence-corrected chi connectivity index (χ0v) is 14.4. The minimum Gasteiger partial charge on any atom is -0.475 e. The summed E-state index contributed by atoms with van der Waals surface area (Å²) in [6, 6.07) is 10.5. The number of amides is 1. The number of benzene rings is 1. The summed E-state index contributed by atoms with van der Waals surface area (Å²) < 4.78 is 45.0. The normalized spacial score (nSPS) is 12.2. The fourth-order valence-corrected chi connectivity index (χ4v) is 2.14. The summed E-state index contributed by atoms with van der Waals surface area (Å²) >= 11 is 0. The first-order valence-corrected chi connectivity index (χ1v) is 7.99. The molecule has 1 amide bonds. The largest absolute Gasteiger partial charge is 0.475 e. The zero-order valence-electron chi connectivity index (χ0n) is 14.4. The highest BCUT2D eigenvalue weighted by Crippen LogP contribution is 2.33. The number of ether oxygens (including phenoxy) is 1. The molecule has 7 heteroatoms. The van der Waals surface area contributed by atoms with E-state index in [9.17, 15) is 18.0 Å². The summed E-state index contributed by atoms with van der Waals surface area (Å²) in [6.07, 6.45) is -2.57. The number of carbonyl (C=O) groups excluding carboxylic acids is 1. The molecular formula is C19H19F3N2O2. The van der Waals surface area contributed by atoms with Gasteiger partial charge in [-0.1, -0.05) is 36.4 Å². The molecule has 0 saturated carbocycles. The van der Waals surface area contributed by atoms with Gasteiger partial charge in [-0.2, -0.15) is 13.2 Å². The van der Waals surface area contributed by atoms with Crippen molar-refractivity contribution in [1.29, 1.82) is 0 Å². The Balaban J connectivity index is 2.05. The molecule has 0 fully saturated rings. The van der Waals surface area contributed by atoms with Crippen LogP contribution in [0.25, 0.3) is 5.57 Å². The van der Waals surface area contributed by atoms with Gasteiger partial charge in [-0.25, -0.2) is 4.98 Å². The number of rotatable bonds is 6. The van der Waals surface area contributed by atoms with Gasteiger partial charge in [0.05, 0.1) is 11.7 Å². The van der Waals surface area contributed by atoms with Gasteiger partial charge in [0, 0.05) is 24.9 Å². The van der Waals surface area contributed by atoms with Gasteiger partial charge in [-0.05, 0) is 25.0 Å². The minimum absolute atomic E-state index is 0.0167. The van der Waals surface area contributed by atoms with Crippen LogP contribution in [0.3, 0.4) is 0 Å². The number of alkyl halides is 3. The summed E-state index contributed by atoms with van der Waals surface area (Å²) in [4.78, 5) is 16.0. The van der Waals surface area contributed by atoms with Crippen molar-refractivity contribution in [2.45, 2.75) is 32.7 Å². The second-order valence-electron chi connectivity index (χ2n) is 5.81. The summed E-state index contributed by atoms with van der Waals surface area (Å²) in [5, 5.41) is 2.44. The van der Waals surface area contributed by atoms with Gasteiger partial charge in [-0.3, -0.25) is 4.79 Å². The Labute approximate surface area is 149 Å². The maximum atomic E-state index is 13.2. The SMILES string of the molecule is CC(C)Oc1ccc(CNC(=O)/C=C(/c2ccccc2)C(F)(F)F)cn1. The van der Waals surface area contributed by atoms with Crippen molar-refractivity contribution >= 4 is 11.5 Å². The Morgan fingerprint density at radius 2 is 1.88 bits per heavy atom. The van der Waals surface area contributed by atoms with Crippen LogP contribution in [0, 0.1) is 0 Å². The van der Waals surface area contributed by atoms with Crippen molar-refractivity contribution in [1.82, 2.24) is 10.3 Å². The van der Waals surface area contributed by atoms with Crippen molar-refractivity contribution in [3.8, 4) is 5.88 Å². The Kier molecular flexibility index (Phi) is 6.38. The molecular weight excluding hydrogens is 345 g/mol. The molecule has 2 rings (SSSR count). The number of carbonyl (C=O) groups is 1. The molecule has 1 N–H and O–H groups in total. The lowest BCUT2D eigenvalue weighted by atomic mass is 10.1. The number of nitrogens with zero attached hydrogens (tertiary/aromatic N) is 1. The summed E-state index contributed by atoms with van der Waals surface area (Å²) in [5.74, 6) is -0.387. The first-order valence-electron chi connectivity index (χ1n) is 7.99. The van der Waals surface area contributed by atoms with Gasteiger partial charge < -0.3 is 10.1 Å². The smallest absolute Gasteiger partial charge is 0.417 e. The first-order chi connectivity index (χ1) is 12.3. The van der Waals surface area contributed by atoms with E-state index in [1.807, 2.05) is 13.8 Å². The van der Waals surface area contributed by atoms with E-state index in [0.717, 1.165) is 0 Å². The van der Waals surface area contributed by atoms with Crippen molar-refractivity contribution in [2.24, 2.45) is 0 Å². The van der Waals surface area contributed by atoms with Gasteiger partial charge in [0.1, 0.15) is 0 Å². The Hall–Kier alpha value is -2.83. The van der Waals surface area contributed by atoms with Gasteiger partial charge in [-0.15, -0.1) is 0 Å². The van der Waals surface area contributed by atoms with Crippen LogP contribution in [0.5, 0.6) is 5.88 Å². The van der Waals surface area contributed by atoms with Crippen LogP contribution in [-0.2, 0) is 11.3 Å². The average Bonchev–Trinajstić information content (AvgIpc) is 2.58. The molecule has 0 unspecified atom stereocenters. The Morgan fingerprint density at radius 1 is 1.19 bits per heavy atom. The van der Waals surface area contributed by atoms with E-state index in [0.29, 0.717) is 17.5 Å². The molecule has 1 aromatic carbocycles. The number of nitrogens with one attached hydrogen (secondary N) is 1. The van der Waals surface area contributed by atoms with Crippen LogP contribution >= 0.6 is 0 Å². The first kappa shape index (κ1) is 19.5. The number of aromatic nitrogens is 1. The van der Waals surface area contributed by atoms with Crippen molar-refractivity contribution < 1.29 is 22.7 Å². The number of halogens is 3. The van der Waals surface area contributed by atoms with Crippen LogP contribution in [0.15, 0.2) is 54.7 Å². The third-order valence-electron chi connectivity index (χ3n) is 3.29. The van der Waals surface area contributed by atoms with E-state index < -0.39 is 17.7 Å². The number of allylic oxidation sites excluding steroid dienone is 1. The van der Waals surface area contributed by atoms with Crippen molar-refractivity contribution in [2.75, 3.05) is 0 Å². The molecule has 1 heterocycles. The molecule has 4 nitrogen and oxygen atoms in total. The number of hydrogen-bond acceptors (Lipinski definition) is 3. The molecule has 2 aromatic rings. The highest BCUT2D eigenvalue weighted by molar-refractivity contribution is 5.96. The van der Waals surface area contributed by atoms with Gasteiger partial charge in [0.25, 0.3) is 0 Å². The fraction of sp³-hybridized carbons (Fsp3) is 0.263. The van der Waals surface area contributed by atoms with Crippen molar-refractivity contribution in [3.63, 3.8) is 0 Å². The highest BCUT2D eigenvalue weighted by Gasteiger charge is 2.35. The maximum Gasteiger partial charge on any atom is 0.417 e. The lowest BCUT2D eigenvalue weighted by molar-refractivity contribution is -0.117. The molecule has 0 atom stereocenters. The van der Waals surface area contributed by atoms with Crippen LogP contribution in [0.1, 0.15) is 25.0 Å². The van der Waals surface area contributed by atoms with Crippen LogP contribution in [0.4, 0.5) is 13.2 Å². The lowest BCUT2D eigenvalue weighted by Gasteiger charge is -2.12. The van der Waals surface area contributed by atoms with Gasteiger partial charge in [0.15, 0.2) is 0 Å². The molecule has 0 radical (unpaired) electrons. The molecule has 0 saturated heterocycles. The predicted octanol–water partition coefficient (Wildman–Crippen LogP) is 4.13. The topological polar surface area (TPSA) is 51.2 Å². The van der Waals surface area contributed by atoms with Crippen LogP contribution < -0.4 is 10.1 Å². The zero-order chi connectivity index (χ0) is 19.2. The van der Waals surface area contributed by atoms with Crippen LogP contribution in [0.2, 0.25) is 0 Å². The lowest BCUT2D eigenvalue weighted by Crippen LogP contribution is -2.23. The van der Waals surface area contributed by atoms with E-state index in [2.05, 4.69) is 10.3 Å². The Morgan fingerprint density at radius 3 is 2.42 bits per heavy atom. The monoisotopic (exact) mass is 364 g/mol. The molecule has 26 heavy (non-hydrogen) atoms. The fourth-order valence-electron chi connectivity index (χ4n) is 2.14. The van der Waals surface area contributed by atoms with Gasteiger partial charge >= 0.3 is 6.18 Å². The molecule has 0 bridgehead atoms. The van der Waals surface area contributed by atoms with E-state index in [1.54, 1.807) is 18.2 Å². The Bertz CT molecular complexity index is 755. The van der Waals surface area contributed by atoms with E-state index in [4.69, 9.17) is 4.74 Å². The molecule has 0 aliphatic rings. The predicted molar refractivity (Wildman–Crippen MR) is 92.3 cm³/mol. The quantitative estimate of drug-likeness (QED) is 0.784. The van der Waals surface area contributed by atoms with Crippen molar-refractivity contribution in [3.05, 3.63) is 65.9 Å². The summed E-state index contributed by atoms with van der Waals surface area (Å²) in [5.41, 5.74) is -0.405. The average molecular weight is 364 g/mol. The third-order valence-corrected chi connectivity index (χ3v) is 3.29. The van der Waals surface area contributed by atoms with E-state index in [1.165, 1.54) is 30.5 Å². The van der Waals surface area contributed by atoms with Crippen LogP contribution in [-0.4, -0.2) is 23.2 Å². The standard InChI is InChI=1S/C19H19F3N2O2/c1-13(2)26-18-9-8-14(12-24-18)11-23-17(25)10-16(19(20,21)22)15-6-4-3-5-7-15/h3-10,12-13H,11H2,1-2H3,(H,23,25)/b16-10-. The summed E-state index contributed by atoms with van der Waals surface area (Å²) in [6.45, 7) is 3.80. The second kappa shape index (κ2) is 8.51. The highest BCUT2D eigenvalue weighted by atomic mass is 19.4. The van der Waals surface area contributed by atoms with E-state index in [-0.39, 0.29) is 18.2 Å². The minimum atomic E-state index is -4.63. The molecule has 1 aromatic heterocycles. The molecule has 138 valence electrons. The maximum absolute atomic E-state index is 13.2. The second-order valence-corrected chi connectivity index (χ2v) is 5.81. The molecule has 0 aliphatic heterocycles.